The predicted molar refractivity (Wildman–Crippen MR) is 58.3 cm³/mol. The van der Waals surface area contributed by atoms with Crippen LogP contribution in [0.2, 0.25) is 0 Å². The van der Waals surface area contributed by atoms with Crippen LogP contribution in [0.1, 0.15) is 25.1 Å². The second-order valence-electron chi connectivity index (χ2n) is 3.91. The van der Waals surface area contributed by atoms with Crippen LogP contribution in [0.15, 0.2) is 5.16 Å². The Bertz CT molecular complexity index is 393. The molecule has 1 aromatic rings. The lowest BCUT2D eigenvalue weighted by Gasteiger charge is -2.11. The van der Waals surface area contributed by atoms with Gasteiger partial charge in [0.25, 0.3) is 0 Å². The van der Waals surface area contributed by atoms with Gasteiger partial charge in [0.05, 0.1) is 12.0 Å². The van der Waals surface area contributed by atoms with Gasteiger partial charge in [0.1, 0.15) is 5.82 Å². The largest absolute Gasteiger partial charge is 0.309 e. The van der Waals surface area contributed by atoms with Crippen molar-refractivity contribution in [1.82, 2.24) is 14.8 Å². The minimum Gasteiger partial charge on any atom is -0.309 e. The second-order valence-corrected chi connectivity index (χ2v) is 5.12. The van der Waals surface area contributed by atoms with Crippen molar-refractivity contribution in [2.75, 3.05) is 0 Å². The van der Waals surface area contributed by atoms with E-state index in [1.54, 1.807) is 11.8 Å². The summed E-state index contributed by atoms with van der Waals surface area (Å²) in [5, 5.41) is 18.4. The van der Waals surface area contributed by atoms with Crippen LogP contribution in [0.25, 0.3) is 0 Å². The quantitative estimate of drug-likeness (QED) is 0.767. The highest BCUT2D eigenvalue weighted by molar-refractivity contribution is 7.99. The van der Waals surface area contributed by atoms with Crippen molar-refractivity contribution < 1.29 is 0 Å². The lowest BCUT2D eigenvalue weighted by atomic mass is 10.1. The molecule has 1 saturated carbocycles. The van der Waals surface area contributed by atoms with Crippen LogP contribution < -0.4 is 0 Å². The number of hydrogen-bond donors (Lipinski definition) is 0. The summed E-state index contributed by atoms with van der Waals surface area (Å²) < 4.78 is 1.98. The van der Waals surface area contributed by atoms with Crippen LogP contribution in [-0.4, -0.2) is 20.0 Å². The summed E-state index contributed by atoms with van der Waals surface area (Å²) in [7, 11) is 1.97. The Morgan fingerprint density at radius 3 is 2.87 bits per heavy atom. The first-order valence-corrected chi connectivity index (χ1v) is 6.02. The van der Waals surface area contributed by atoms with E-state index in [1.807, 2.05) is 18.5 Å². The Kier molecular flexibility index (Phi) is 2.96. The summed E-state index contributed by atoms with van der Waals surface area (Å²) in [4.78, 5) is 0. The molecule has 1 heterocycles. The number of nitrogens with zero attached hydrogens (tertiary/aromatic N) is 4. The molecule has 0 radical (unpaired) electrons. The van der Waals surface area contributed by atoms with Crippen molar-refractivity contribution in [3.8, 4) is 6.07 Å². The Hall–Kier alpha value is -1.02. The Morgan fingerprint density at radius 1 is 1.47 bits per heavy atom. The smallest absolute Gasteiger partial charge is 0.191 e. The summed E-state index contributed by atoms with van der Waals surface area (Å²) in [6.07, 6.45) is 3.31. The normalized spacial score (nSPS) is 25.4. The van der Waals surface area contributed by atoms with E-state index in [9.17, 15) is 0 Å². The third-order valence-corrected chi connectivity index (χ3v) is 4.36. The van der Waals surface area contributed by atoms with E-state index in [4.69, 9.17) is 5.26 Å². The average molecular weight is 222 g/mol. The molecule has 2 unspecified atom stereocenters. The highest BCUT2D eigenvalue weighted by atomic mass is 32.2. The lowest BCUT2D eigenvalue weighted by Crippen LogP contribution is -2.09. The summed E-state index contributed by atoms with van der Waals surface area (Å²) in [6.45, 7) is 1.94. The Balaban J connectivity index is 2.09. The minimum atomic E-state index is 0.187. The van der Waals surface area contributed by atoms with E-state index < -0.39 is 0 Å². The SMILES string of the molecule is Cc1nnc(SC2CCCC2C#N)n1C. The molecule has 2 rings (SSSR count). The number of thioether (sulfide) groups is 1. The maximum absolute atomic E-state index is 8.98. The lowest BCUT2D eigenvalue weighted by molar-refractivity contribution is 0.704. The van der Waals surface area contributed by atoms with E-state index in [2.05, 4.69) is 16.3 Å². The van der Waals surface area contributed by atoms with Crippen molar-refractivity contribution in [2.24, 2.45) is 13.0 Å². The molecule has 1 aromatic heterocycles. The number of rotatable bonds is 2. The third kappa shape index (κ3) is 2.00. The van der Waals surface area contributed by atoms with Crippen LogP contribution in [0.3, 0.4) is 0 Å². The van der Waals surface area contributed by atoms with Crippen molar-refractivity contribution in [2.45, 2.75) is 36.6 Å². The zero-order valence-corrected chi connectivity index (χ0v) is 9.79. The van der Waals surface area contributed by atoms with Gasteiger partial charge in [-0.15, -0.1) is 10.2 Å². The van der Waals surface area contributed by atoms with Gasteiger partial charge in [-0.3, -0.25) is 0 Å². The van der Waals surface area contributed by atoms with Crippen molar-refractivity contribution in [1.29, 1.82) is 5.26 Å². The van der Waals surface area contributed by atoms with E-state index in [0.717, 1.165) is 30.2 Å². The molecule has 2 atom stereocenters. The highest BCUT2D eigenvalue weighted by Crippen LogP contribution is 2.37. The van der Waals surface area contributed by atoms with Crippen molar-refractivity contribution in [3.05, 3.63) is 5.82 Å². The fourth-order valence-corrected chi connectivity index (χ4v) is 3.14. The molecular weight excluding hydrogens is 208 g/mol. The molecule has 0 N–H and O–H groups in total. The van der Waals surface area contributed by atoms with Crippen LogP contribution in [0.5, 0.6) is 0 Å². The van der Waals surface area contributed by atoms with Gasteiger partial charge in [-0.2, -0.15) is 5.26 Å². The molecular formula is C10H14N4S. The number of hydrogen-bond acceptors (Lipinski definition) is 4. The van der Waals surface area contributed by atoms with Gasteiger partial charge in [0.15, 0.2) is 5.16 Å². The molecule has 0 aromatic carbocycles. The fraction of sp³-hybridized carbons (Fsp3) is 0.700. The molecule has 1 aliphatic rings. The van der Waals surface area contributed by atoms with Gasteiger partial charge < -0.3 is 4.57 Å². The van der Waals surface area contributed by atoms with E-state index >= 15 is 0 Å². The first kappa shape index (κ1) is 10.5. The van der Waals surface area contributed by atoms with Gasteiger partial charge in [0, 0.05) is 12.3 Å². The molecule has 1 aliphatic carbocycles. The number of nitriles is 1. The van der Waals surface area contributed by atoms with E-state index in [-0.39, 0.29) is 5.92 Å². The summed E-state index contributed by atoms with van der Waals surface area (Å²) >= 11 is 1.70. The molecule has 0 saturated heterocycles. The zero-order chi connectivity index (χ0) is 10.8. The molecule has 5 heteroatoms. The maximum atomic E-state index is 8.98. The monoisotopic (exact) mass is 222 g/mol. The summed E-state index contributed by atoms with van der Waals surface area (Å²) in [5.74, 6) is 1.11. The second kappa shape index (κ2) is 4.23. The molecule has 1 fully saturated rings. The molecule has 4 nitrogen and oxygen atoms in total. The maximum Gasteiger partial charge on any atom is 0.191 e. The van der Waals surface area contributed by atoms with Gasteiger partial charge >= 0.3 is 0 Å². The Labute approximate surface area is 93.7 Å². The predicted octanol–water partition coefficient (Wildman–Crippen LogP) is 1.91. The molecule has 80 valence electrons. The molecule has 0 spiro atoms. The molecule has 0 bridgehead atoms. The first-order chi connectivity index (χ1) is 7.22. The number of aryl methyl sites for hydroxylation is 1. The zero-order valence-electron chi connectivity index (χ0n) is 8.97. The highest BCUT2D eigenvalue weighted by Gasteiger charge is 2.29. The molecule has 15 heavy (non-hydrogen) atoms. The van der Waals surface area contributed by atoms with E-state index in [0.29, 0.717) is 5.25 Å². The van der Waals surface area contributed by atoms with Crippen molar-refractivity contribution in [3.63, 3.8) is 0 Å². The minimum absolute atomic E-state index is 0.187. The van der Waals surface area contributed by atoms with Crippen LogP contribution in [0.4, 0.5) is 0 Å². The van der Waals surface area contributed by atoms with Gasteiger partial charge in [-0.1, -0.05) is 18.2 Å². The van der Waals surface area contributed by atoms with Gasteiger partial charge in [0.2, 0.25) is 0 Å². The number of aromatic nitrogens is 3. The molecule has 0 amide bonds. The first-order valence-electron chi connectivity index (χ1n) is 5.14. The summed E-state index contributed by atoms with van der Waals surface area (Å²) in [5.41, 5.74) is 0. The van der Waals surface area contributed by atoms with Gasteiger partial charge in [-0.05, 0) is 19.8 Å². The summed E-state index contributed by atoms with van der Waals surface area (Å²) in [6, 6.07) is 2.38. The fourth-order valence-electron chi connectivity index (χ4n) is 1.84. The van der Waals surface area contributed by atoms with Crippen LogP contribution in [0, 0.1) is 24.2 Å². The molecule has 0 aliphatic heterocycles. The average Bonchev–Trinajstić information content (AvgIpc) is 2.80. The van der Waals surface area contributed by atoms with Crippen molar-refractivity contribution >= 4 is 11.8 Å². The van der Waals surface area contributed by atoms with Crippen LogP contribution in [-0.2, 0) is 7.05 Å². The standard InChI is InChI=1S/C10H14N4S/c1-7-12-13-10(14(7)2)15-9-5-3-4-8(9)6-11/h8-9H,3-5H2,1-2H3. The van der Waals surface area contributed by atoms with Crippen LogP contribution >= 0.6 is 11.8 Å². The Morgan fingerprint density at radius 2 is 2.27 bits per heavy atom. The topological polar surface area (TPSA) is 54.5 Å². The van der Waals surface area contributed by atoms with Gasteiger partial charge in [-0.25, -0.2) is 0 Å². The third-order valence-electron chi connectivity index (χ3n) is 2.93. The van der Waals surface area contributed by atoms with E-state index in [1.165, 1.54) is 0 Å².